The lowest BCUT2D eigenvalue weighted by Crippen LogP contribution is -2.30. The topological polar surface area (TPSA) is 35.8 Å². The highest BCUT2D eigenvalue weighted by Gasteiger charge is 2.21. The highest BCUT2D eigenvalue weighted by Crippen LogP contribution is 2.21. The zero-order chi connectivity index (χ0) is 8.97. The monoisotopic (exact) mass is 170 g/mol. The molecule has 0 aliphatic heterocycles. The Morgan fingerprint density at radius 1 is 1.50 bits per heavy atom. The van der Waals surface area contributed by atoms with E-state index in [1.165, 1.54) is 19.3 Å². The summed E-state index contributed by atoms with van der Waals surface area (Å²) in [5, 5.41) is 12.1. The summed E-state index contributed by atoms with van der Waals surface area (Å²) in [6.07, 6.45) is 4.62. The first kappa shape index (κ1) is 9.52. The van der Waals surface area contributed by atoms with E-state index in [0.29, 0.717) is 5.92 Å². The molecule has 0 aromatic rings. The summed E-state index contributed by atoms with van der Waals surface area (Å²) in [6, 6.07) is 0. The van der Waals surface area contributed by atoms with Crippen LogP contribution in [0.5, 0.6) is 0 Å². The standard InChI is InChI=1S/C9H18N2O/c1-11(2)7-8-5-3-4-6-9(8)10-12/h8,12H,3-7H2,1-2H3/b10-9-/t8-/m1/s1. The van der Waals surface area contributed by atoms with Crippen LogP contribution in [0.3, 0.4) is 0 Å². The molecular weight excluding hydrogens is 152 g/mol. The van der Waals surface area contributed by atoms with Crippen molar-refractivity contribution in [2.24, 2.45) is 11.1 Å². The van der Waals surface area contributed by atoms with Crippen LogP contribution in [0.2, 0.25) is 0 Å². The first-order valence-corrected chi connectivity index (χ1v) is 4.59. The fraction of sp³-hybridized carbons (Fsp3) is 0.889. The van der Waals surface area contributed by atoms with Gasteiger partial charge in [0.1, 0.15) is 0 Å². The van der Waals surface area contributed by atoms with Crippen LogP contribution in [0.1, 0.15) is 25.7 Å². The average molecular weight is 170 g/mol. The second-order valence-electron chi connectivity index (χ2n) is 3.80. The van der Waals surface area contributed by atoms with Gasteiger partial charge in [0.25, 0.3) is 0 Å². The van der Waals surface area contributed by atoms with Gasteiger partial charge in [0, 0.05) is 12.5 Å². The smallest absolute Gasteiger partial charge is 0.0614 e. The van der Waals surface area contributed by atoms with Crippen molar-refractivity contribution in [2.75, 3.05) is 20.6 Å². The van der Waals surface area contributed by atoms with Gasteiger partial charge in [-0.05, 0) is 33.4 Å². The lowest BCUT2D eigenvalue weighted by atomic mass is 9.87. The molecule has 1 N–H and O–H groups in total. The van der Waals surface area contributed by atoms with Gasteiger partial charge in [-0.25, -0.2) is 0 Å². The number of oxime groups is 1. The summed E-state index contributed by atoms with van der Waals surface area (Å²) in [6.45, 7) is 1.01. The second-order valence-corrected chi connectivity index (χ2v) is 3.80. The molecule has 1 saturated carbocycles. The van der Waals surface area contributed by atoms with Crippen molar-refractivity contribution in [1.29, 1.82) is 0 Å². The maximum absolute atomic E-state index is 8.74. The van der Waals surface area contributed by atoms with Crippen LogP contribution >= 0.6 is 0 Å². The molecule has 1 fully saturated rings. The predicted molar refractivity (Wildman–Crippen MR) is 49.7 cm³/mol. The molecule has 0 aromatic carbocycles. The van der Waals surface area contributed by atoms with Crippen molar-refractivity contribution in [2.45, 2.75) is 25.7 Å². The summed E-state index contributed by atoms with van der Waals surface area (Å²) in [5.41, 5.74) is 0.995. The number of hydrogen-bond donors (Lipinski definition) is 1. The number of nitrogens with zero attached hydrogens (tertiary/aromatic N) is 2. The van der Waals surface area contributed by atoms with E-state index in [0.717, 1.165) is 18.7 Å². The van der Waals surface area contributed by atoms with E-state index in [2.05, 4.69) is 24.2 Å². The minimum Gasteiger partial charge on any atom is -0.411 e. The van der Waals surface area contributed by atoms with Gasteiger partial charge in [-0.2, -0.15) is 0 Å². The Bertz CT molecular complexity index is 166. The molecule has 0 amide bonds. The van der Waals surface area contributed by atoms with E-state index >= 15 is 0 Å². The molecule has 0 saturated heterocycles. The molecule has 1 aliphatic rings. The summed E-state index contributed by atoms with van der Waals surface area (Å²) in [7, 11) is 4.12. The summed E-state index contributed by atoms with van der Waals surface area (Å²) >= 11 is 0. The van der Waals surface area contributed by atoms with Crippen LogP contribution in [-0.2, 0) is 0 Å². The molecule has 1 rings (SSSR count). The van der Waals surface area contributed by atoms with Gasteiger partial charge in [-0.15, -0.1) is 0 Å². The van der Waals surface area contributed by atoms with E-state index in [9.17, 15) is 0 Å². The van der Waals surface area contributed by atoms with Crippen molar-refractivity contribution in [1.82, 2.24) is 4.90 Å². The highest BCUT2D eigenvalue weighted by molar-refractivity contribution is 5.87. The van der Waals surface area contributed by atoms with E-state index in [1.807, 2.05) is 0 Å². The minimum absolute atomic E-state index is 0.485. The third-order valence-corrected chi connectivity index (χ3v) is 2.42. The average Bonchev–Trinajstić information content (AvgIpc) is 2.04. The minimum atomic E-state index is 0.485. The van der Waals surface area contributed by atoms with Gasteiger partial charge in [0.2, 0.25) is 0 Å². The molecule has 12 heavy (non-hydrogen) atoms. The van der Waals surface area contributed by atoms with Gasteiger partial charge >= 0.3 is 0 Å². The molecule has 0 spiro atoms. The Morgan fingerprint density at radius 2 is 2.25 bits per heavy atom. The van der Waals surface area contributed by atoms with Crippen LogP contribution in [0.25, 0.3) is 0 Å². The maximum atomic E-state index is 8.74. The molecule has 1 atom stereocenters. The van der Waals surface area contributed by atoms with Gasteiger partial charge in [0.05, 0.1) is 5.71 Å². The molecule has 0 bridgehead atoms. The largest absolute Gasteiger partial charge is 0.411 e. The lowest BCUT2D eigenvalue weighted by Gasteiger charge is -2.25. The van der Waals surface area contributed by atoms with Crippen LogP contribution in [-0.4, -0.2) is 36.5 Å². The van der Waals surface area contributed by atoms with Gasteiger partial charge in [-0.3, -0.25) is 0 Å². The molecule has 0 radical (unpaired) electrons. The van der Waals surface area contributed by atoms with E-state index in [4.69, 9.17) is 5.21 Å². The molecule has 70 valence electrons. The van der Waals surface area contributed by atoms with Gasteiger partial charge < -0.3 is 10.1 Å². The van der Waals surface area contributed by atoms with Crippen molar-refractivity contribution in [3.8, 4) is 0 Å². The molecule has 0 unspecified atom stereocenters. The van der Waals surface area contributed by atoms with Crippen molar-refractivity contribution in [3.05, 3.63) is 0 Å². The Labute approximate surface area is 74.1 Å². The lowest BCUT2D eigenvalue weighted by molar-refractivity contribution is 0.295. The zero-order valence-electron chi connectivity index (χ0n) is 7.95. The summed E-state index contributed by atoms with van der Waals surface area (Å²) in [5.74, 6) is 0.485. The Hall–Kier alpha value is -0.570. The van der Waals surface area contributed by atoms with Crippen LogP contribution < -0.4 is 0 Å². The van der Waals surface area contributed by atoms with Crippen LogP contribution in [0.15, 0.2) is 5.16 Å². The predicted octanol–water partition coefficient (Wildman–Crippen LogP) is 1.57. The van der Waals surface area contributed by atoms with Gasteiger partial charge in [0.15, 0.2) is 0 Å². The molecule has 0 aromatic heterocycles. The third-order valence-electron chi connectivity index (χ3n) is 2.42. The quantitative estimate of drug-likeness (QED) is 0.504. The molecule has 3 nitrogen and oxygen atoms in total. The zero-order valence-corrected chi connectivity index (χ0v) is 7.95. The van der Waals surface area contributed by atoms with Crippen molar-refractivity contribution in [3.63, 3.8) is 0 Å². The van der Waals surface area contributed by atoms with E-state index in [1.54, 1.807) is 0 Å². The van der Waals surface area contributed by atoms with E-state index in [-0.39, 0.29) is 0 Å². The highest BCUT2D eigenvalue weighted by atomic mass is 16.4. The van der Waals surface area contributed by atoms with Crippen LogP contribution in [0, 0.1) is 5.92 Å². The fourth-order valence-electron chi connectivity index (χ4n) is 1.84. The van der Waals surface area contributed by atoms with Gasteiger partial charge in [-0.1, -0.05) is 11.6 Å². The fourth-order valence-corrected chi connectivity index (χ4v) is 1.84. The van der Waals surface area contributed by atoms with Crippen molar-refractivity contribution >= 4 is 5.71 Å². The van der Waals surface area contributed by atoms with E-state index < -0.39 is 0 Å². The number of hydrogen-bond acceptors (Lipinski definition) is 3. The third kappa shape index (κ3) is 2.48. The summed E-state index contributed by atoms with van der Waals surface area (Å²) < 4.78 is 0. The molecule has 1 aliphatic carbocycles. The normalized spacial score (nSPS) is 28.2. The Balaban J connectivity index is 2.48. The summed E-state index contributed by atoms with van der Waals surface area (Å²) in [4.78, 5) is 2.15. The Kier molecular flexibility index (Phi) is 3.53. The maximum Gasteiger partial charge on any atom is 0.0614 e. The molecule has 3 heteroatoms. The Morgan fingerprint density at radius 3 is 2.83 bits per heavy atom. The number of rotatable bonds is 2. The first-order chi connectivity index (χ1) is 5.74. The molecule has 0 heterocycles. The van der Waals surface area contributed by atoms with Crippen LogP contribution in [0.4, 0.5) is 0 Å². The second kappa shape index (κ2) is 4.45. The SMILES string of the molecule is CN(C)C[C@H]1CCCC/C1=N/O. The van der Waals surface area contributed by atoms with Crippen molar-refractivity contribution < 1.29 is 5.21 Å². The molecular formula is C9H18N2O. The first-order valence-electron chi connectivity index (χ1n) is 4.59.